The summed E-state index contributed by atoms with van der Waals surface area (Å²) in [6, 6.07) is 4.90. The van der Waals surface area contributed by atoms with Crippen LogP contribution in [0.4, 0.5) is 5.82 Å². The van der Waals surface area contributed by atoms with Crippen LogP contribution in [0.15, 0.2) is 18.2 Å². The van der Waals surface area contributed by atoms with Gasteiger partial charge in [0.25, 0.3) is 0 Å². The lowest BCUT2D eigenvalue weighted by Gasteiger charge is -2.20. The number of anilines is 1. The monoisotopic (exact) mass is 195 g/mol. The first-order valence-electron chi connectivity index (χ1n) is 4.34. The summed E-state index contributed by atoms with van der Waals surface area (Å²) in [6.07, 6.45) is 0. The van der Waals surface area contributed by atoms with Crippen molar-refractivity contribution in [2.75, 3.05) is 18.6 Å². The van der Waals surface area contributed by atoms with E-state index in [0.29, 0.717) is 12.4 Å². The topological polar surface area (TPSA) is 65.5 Å². The highest BCUT2D eigenvalue weighted by atomic mass is 16.4. The number of hydrogen-bond acceptors (Lipinski definition) is 4. The van der Waals surface area contributed by atoms with Gasteiger partial charge in [-0.3, -0.25) is 5.01 Å². The Labute approximate surface area is 82.3 Å². The SMILES string of the molecule is CCN(NC)c1cccc(C(=O)O)n1. The zero-order chi connectivity index (χ0) is 10.6. The van der Waals surface area contributed by atoms with Crippen molar-refractivity contribution in [3.05, 3.63) is 23.9 Å². The first-order valence-corrected chi connectivity index (χ1v) is 4.34. The Morgan fingerprint density at radius 1 is 1.64 bits per heavy atom. The molecule has 1 aromatic rings. The summed E-state index contributed by atoms with van der Waals surface area (Å²) in [5.41, 5.74) is 2.96. The second-order valence-corrected chi connectivity index (χ2v) is 2.65. The van der Waals surface area contributed by atoms with Gasteiger partial charge in [0.2, 0.25) is 0 Å². The molecule has 0 bridgehead atoms. The number of rotatable bonds is 4. The van der Waals surface area contributed by atoms with Crippen LogP contribution in [0.3, 0.4) is 0 Å². The third kappa shape index (κ3) is 2.20. The van der Waals surface area contributed by atoms with Gasteiger partial charge in [0, 0.05) is 13.6 Å². The third-order valence-electron chi connectivity index (χ3n) is 1.82. The molecule has 0 aliphatic rings. The Morgan fingerprint density at radius 3 is 2.86 bits per heavy atom. The molecule has 14 heavy (non-hydrogen) atoms. The lowest BCUT2D eigenvalue weighted by atomic mass is 10.3. The molecule has 1 heterocycles. The number of hydrogen-bond donors (Lipinski definition) is 2. The minimum atomic E-state index is -1.01. The highest BCUT2D eigenvalue weighted by Gasteiger charge is 2.08. The highest BCUT2D eigenvalue weighted by Crippen LogP contribution is 2.08. The second kappa shape index (κ2) is 4.57. The molecule has 1 aromatic heterocycles. The lowest BCUT2D eigenvalue weighted by Crippen LogP contribution is -2.35. The van der Waals surface area contributed by atoms with E-state index in [0.717, 1.165) is 0 Å². The number of carboxylic acid groups (broad SMARTS) is 1. The number of nitrogens with zero attached hydrogens (tertiary/aromatic N) is 2. The fourth-order valence-corrected chi connectivity index (χ4v) is 1.13. The number of carbonyl (C=O) groups is 1. The van der Waals surface area contributed by atoms with E-state index in [4.69, 9.17) is 5.11 Å². The zero-order valence-corrected chi connectivity index (χ0v) is 8.19. The highest BCUT2D eigenvalue weighted by molar-refractivity contribution is 5.85. The molecule has 0 atom stereocenters. The van der Waals surface area contributed by atoms with Crippen molar-refractivity contribution in [3.63, 3.8) is 0 Å². The molecule has 0 radical (unpaired) electrons. The van der Waals surface area contributed by atoms with Crippen LogP contribution in [0.2, 0.25) is 0 Å². The van der Waals surface area contributed by atoms with Gasteiger partial charge in [0.15, 0.2) is 5.69 Å². The van der Waals surface area contributed by atoms with Crippen LogP contribution in [0.25, 0.3) is 0 Å². The molecular weight excluding hydrogens is 182 g/mol. The summed E-state index contributed by atoms with van der Waals surface area (Å²) >= 11 is 0. The number of hydrazine groups is 1. The van der Waals surface area contributed by atoms with Crippen LogP contribution >= 0.6 is 0 Å². The minimum Gasteiger partial charge on any atom is -0.477 e. The Kier molecular flexibility index (Phi) is 3.41. The fraction of sp³-hybridized carbons (Fsp3) is 0.333. The van der Waals surface area contributed by atoms with Crippen LogP contribution in [0, 0.1) is 0 Å². The average molecular weight is 195 g/mol. The maximum Gasteiger partial charge on any atom is 0.354 e. The van der Waals surface area contributed by atoms with Gasteiger partial charge in [-0.25, -0.2) is 15.2 Å². The molecule has 0 unspecified atom stereocenters. The summed E-state index contributed by atoms with van der Waals surface area (Å²) in [6.45, 7) is 2.66. The third-order valence-corrected chi connectivity index (χ3v) is 1.82. The number of nitrogens with one attached hydrogen (secondary N) is 1. The van der Waals surface area contributed by atoms with E-state index in [-0.39, 0.29) is 5.69 Å². The van der Waals surface area contributed by atoms with E-state index < -0.39 is 5.97 Å². The normalized spacial score (nSPS) is 9.86. The van der Waals surface area contributed by atoms with Crippen LogP contribution < -0.4 is 10.4 Å². The summed E-state index contributed by atoms with van der Waals surface area (Å²) < 4.78 is 0. The van der Waals surface area contributed by atoms with Gasteiger partial charge in [-0.05, 0) is 19.1 Å². The van der Waals surface area contributed by atoms with E-state index in [1.165, 1.54) is 6.07 Å². The number of aromatic nitrogens is 1. The van der Waals surface area contributed by atoms with Crippen molar-refractivity contribution in [3.8, 4) is 0 Å². The quantitative estimate of drug-likeness (QED) is 0.694. The molecule has 1 rings (SSSR count). The number of aromatic carboxylic acids is 1. The average Bonchev–Trinajstić information content (AvgIpc) is 2.20. The molecule has 0 aromatic carbocycles. The molecule has 0 aliphatic heterocycles. The van der Waals surface area contributed by atoms with Gasteiger partial charge in [0.1, 0.15) is 5.82 Å². The smallest absolute Gasteiger partial charge is 0.354 e. The molecule has 2 N–H and O–H groups in total. The Balaban J connectivity index is 2.98. The van der Waals surface area contributed by atoms with Crippen molar-refractivity contribution in [1.29, 1.82) is 0 Å². The maximum atomic E-state index is 10.7. The van der Waals surface area contributed by atoms with E-state index in [2.05, 4.69) is 10.4 Å². The van der Waals surface area contributed by atoms with Gasteiger partial charge in [-0.2, -0.15) is 0 Å². The lowest BCUT2D eigenvalue weighted by molar-refractivity contribution is 0.0690. The fourth-order valence-electron chi connectivity index (χ4n) is 1.13. The van der Waals surface area contributed by atoms with Gasteiger partial charge >= 0.3 is 5.97 Å². The second-order valence-electron chi connectivity index (χ2n) is 2.65. The molecule has 0 saturated carbocycles. The number of carboxylic acids is 1. The van der Waals surface area contributed by atoms with Gasteiger partial charge in [0.05, 0.1) is 0 Å². The van der Waals surface area contributed by atoms with E-state index in [1.54, 1.807) is 24.2 Å². The first-order chi connectivity index (χ1) is 6.69. The molecule has 5 heteroatoms. The summed E-state index contributed by atoms with van der Waals surface area (Å²) in [5.74, 6) is -0.408. The first kappa shape index (κ1) is 10.5. The van der Waals surface area contributed by atoms with Gasteiger partial charge < -0.3 is 5.11 Å². The van der Waals surface area contributed by atoms with Crippen molar-refractivity contribution in [2.24, 2.45) is 0 Å². The van der Waals surface area contributed by atoms with Crippen LogP contribution in [-0.4, -0.2) is 29.7 Å². The molecule has 5 nitrogen and oxygen atoms in total. The van der Waals surface area contributed by atoms with E-state index in [9.17, 15) is 4.79 Å². The molecule has 0 fully saturated rings. The predicted octanol–water partition coefficient (Wildman–Crippen LogP) is 0.741. The largest absolute Gasteiger partial charge is 0.477 e. The Morgan fingerprint density at radius 2 is 2.36 bits per heavy atom. The predicted molar refractivity (Wildman–Crippen MR) is 53.3 cm³/mol. The maximum absolute atomic E-state index is 10.7. The van der Waals surface area contributed by atoms with Crippen LogP contribution in [0.1, 0.15) is 17.4 Å². The zero-order valence-electron chi connectivity index (χ0n) is 8.19. The van der Waals surface area contributed by atoms with Gasteiger partial charge in [-0.1, -0.05) is 6.07 Å². The Hall–Kier alpha value is -1.62. The van der Waals surface area contributed by atoms with Crippen LogP contribution in [-0.2, 0) is 0 Å². The van der Waals surface area contributed by atoms with Crippen molar-refractivity contribution >= 4 is 11.8 Å². The van der Waals surface area contributed by atoms with E-state index in [1.807, 2.05) is 6.92 Å². The molecule has 0 aliphatic carbocycles. The standard InChI is InChI=1S/C9H13N3O2/c1-3-12(10-2)8-6-4-5-7(11-8)9(13)14/h4-6,10H,3H2,1-2H3,(H,13,14). The molecule has 0 spiro atoms. The molecule has 76 valence electrons. The minimum absolute atomic E-state index is 0.0520. The van der Waals surface area contributed by atoms with Crippen molar-refractivity contribution in [2.45, 2.75) is 6.92 Å². The number of pyridine rings is 1. The Bertz CT molecular complexity index is 324. The molecule has 0 saturated heterocycles. The van der Waals surface area contributed by atoms with E-state index >= 15 is 0 Å². The molecule has 0 amide bonds. The van der Waals surface area contributed by atoms with Gasteiger partial charge in [-0.15, -0.1) is 0 Å². The van der Waals surface area contributed by atoms with Crippen LogP contribution in [0.5, 0.6) is 0 Å². The summed E-state index contributed by atoms with van der Waals surface area (Å²) in [4.78, 5) is 14.6. The summed E-state index contributed by atoms with van der Waals surface area (Å²) in [7, 11) is 1.76. The molecular formula is C9H13N3O2. The van der Waals surface area contributed by atoms with Crippen molar-refractivity contribution < 1.29 is 9.90 Å². The summed E-state index contributed by atoms with van der Waals surface area (Å²) in [5, 5.41) is 10.5. The van der Waals surface area contributed by atoms with Crippen molar-refractivity contribution in [1.82, 2.24) is 10.4 Å².